The fraction of sp³-hybridized carbons (Fsp3) is 0.200. The molecule has 0 aliphatic rings. The third-order valence-corrected chi connectivity index (χ3v) is 4.09. The van der Waals surface area contributed by atoms with E-state index >= 15 is 0 Å². The van der Waals surface area contributed by atoms with Crippen molar-refractivity contribution in [1.29, 1.82) is 0 Å². The van der Waals surface area contributed by atoms with E-state index in [1.807, 2.05) is 37.3 Å². The predicted octanol–water partition coefficient (Wildman–Crippen LogP) is 4.70. The van der Waals surface area contributed by atoms with Gasteiger partial charge in [0, 0.05) is 15.1 Å². The van der Waals surface area contributed by atoms with Gasteiger partial charge >= 0.3 is 0 Å². The molecule has 2 aromatic rings. The van der Waals surface area contributed by atoms with E-state index in [1.165, 1.54) is 0 Å². The first-order chi connectivity index (χ1) is 9.51. The van der Waals surface area contributed by atoms with Gasteiger partial charge < -0.3 is 0 Å². The van der Waals surface area contributed by atoms with Crippen LogP contribution >= 0.6 is 34.8 Å². The lowest BCUT2D eigenvalue weighted by Gasteiger charge is -2.19. The number of nitrogens with one attached hydrogen (secondary N) is 1. The Labute approximate surface area is 133 Å². The highest BCUT2D eigenvalue weighted by molar-refractivity contribution is 6.35. The minimum absolute atomic E-state index is 0.109. The fourth-order valence-corrected chi connectivity index (χ4v) is 2.93. The highest BCUT2D eigenvalue weighted by Gasteiger charge is 2.15. The molecule has 2 aromatic carbocycles. The molecule has 0 bridgehead atoms. The number of aryl methyl sites for hydroxylation is 1. The number of halogens is 3. The van der Waals surface area contributed by atoms with Gasteiger partial charge in [-0.25, -0.2) is 0 Å². The summed E-state index contributed by atoms with van der Waals surface area (Å²) in [4.78, 5) is 0. The lowest BCUT2D eigenvalue weighted by atomic mass is 9.98. The van der Waals surface area contributed by atoms with E-state index in [0.717, 1.165) is 16.7 Å². The van der Waals surface area contributed by atoms with Crippen molar-refractivity contribution in [3.8, 4) is 0 Å². The van der Waals surface area contributed by atoms with Gasteiger partial charge in [0.05, 0.1) is 6.04 Å². The SMILES string of the molecule is Cc1ccc(C(Cc2ccc(Cl)cc2Cl)NN)c(Cl)c1. The minimum Gasteiger partial charge on any atom is -0.271 e. The molecule has 0 saturated heterocycles. The van der Waals surface area contributed by atoms with Crippen LogP contribution in [0.2, 0.25) is 15.1 Å². The minimum atomic E-state index is -0.109. The standard InChI is InChI=1S/C15H15Cl3N2/c1-9-2-5-12(14(18)6-9)15(20-19)7-10-3-4-11(16)8-13(10)17/h2-6,8,15,20H,7,19H2,1H3. The Bertz CT molecular complexity index is 614. The van der Waals surface area contributed by atoms with E-state index in [1.54, 1.807) is 6.07 Å². The molecule has 0 amide bonds. The van der Waals surface area contributed by atoms with Crippen LogP contribution in [0.25, 0.3) is 0 Å². The number of hydrogen-bond acceptors (Lipinski definition) is 2. The molecule has 0 aromatic heterocycles. The quantitative estimate of drug-likeness (QED) is 0.630. The average molecular weight is 330 g/mol. The van der Waals surface area contributed by atoms with Crippen LogP contribution in [0.5, 0.6) is 0 Å². The van der Waals surface area contributed by atoms with Gasteiger partial charge in [0.25, 0.3) is 0 Å². The van der Waals surface area contributed by atoms with Gasteiger partial charge in [0.2, 0.25) is 0 Å². The Morgan fingerprint density at radius 3 is 2.40 bits per heavy atom. The molecule has 0 aliphatic carbocycles. The maximum atomic E-state index is 6.28. The number of benzene rings is 2. The van der Waals surface area contributed by atoms with Crippen molar-refractivity contribution in [1.82, 2.24) is 5.43 Å². The first kappa shape index (κ1) is 15.6. The van der Waals surface area contributed by atoms with E-state index in [-0.39, 0.29) is 6.04 Å². The van der Waals surface area contributed by atoms with E-state index in [0.29, 0.717) is 21.5 Å². The van der Waals surface area contributed by atoms with Crippen molar-refractivity contribution in [2.45, 2.75) is 19.4 Å². The van der Waals surface area contributed by atoms with Crippen molar-refractivity contribution in [2.75, 3.05) is 0 Å². The molecule has 0 heterocycles. The van der Waals surface area contributed by atoms with Crippen molar-refractivity contribution < 1.29 is 0 Å². The molecule has 1 unspecified atom stereocenters. The third kappa shape index (κ3) is 3.66. The summed E-state index contributed by atoms with van der Waals surface area (Å²) in [6.07, 6.45) is 0.634. The van der Waals surface area contributed by atoms with E-state index in [9.17, 15) is 0 Å². The zero-order chi connectivity index (χ0) is 14.7. The Balaban J connectivity index is 2.28. The zero-order valence-electron chi connectivity index (χ0n) is 11.0. The first-order valence-corrected chi connectivity index (χ1v) is 7.30. The first-order valence-electron chi connectivity index (χ1n) is 6.17. The van der Waals surface area contributed by atoms with Crippen LogP contribution in [0.4, 0.5) is 0 Å². The van der Waals surface area contributed by atoms with E-state index in [4.69, 9.17) is 40.6 Å². The molecule has 20 heavy (non-hydrogen) atoms. The fourth-order valence-electron chi connectivity index (χ4n) is 2.08. The molecular weight excluding hydrogens is 315 g/mol. The van der Waals surface area contributed by atoms with Gasteiger partial charge in [-0.2, -0.15) is 0 Å². The topological polar surface area (TPSA) is 38.0 Å². The second-order valence-corrected chi connectivity index (χ2v) is 5.93. The molecule has 5 heteroatoms. The highest BCUT2D eigenvalue weighted by atomic mass is 35.5. The van der Waals surface area contributed by atoms with Gasteiger partial charge in [-0.1, -0.05) is 53.0 Å². The molecular formula is C15H15Cl3N2. The molecule has 0 saturated carbocycles. The lowest BCUT2D eigenvalue weighted by molar-refractivity contribution is 0.552. The van der Waals surface area contributed by atoms with Crippen LogP contribution < -0.4 is 11.3 Å². The van der Waals surface area contributed by atoms with Crippen molar-refractivity contribution in [3.63, 3.8) is 0 Å². The van der Waals surface area contributed by atoms with E-state index in [2.05, 4.69) is 5.43 Å². The molecule has 0 fully saturated rings. The molecule has 0 radical (unpaired) electrons. The summed E-state index contributed by atoms with van der Waals surface area (Å²) in [6, 6.07) is 11.2. The largest absolute Gasteiger partial charge is 0.271 e. The summed E-state index contributed by atoms with van der Waals surface area (Å²) in [7, 11) is 0. The maximum Gasteiger partial charge on any atom is 0.0515 e. The number of hydrazine groups is 1. The van der Waals surface area contributed by atoms with Crippen LogP contribution in [0.1, 0.15) is 22.7 Å². The Morgan fingerprint density at radius 2 is 1.80 bits per heavy atom. The van der Waals surface area contributed by atoms with Gasteiger partial charge in [0.1, 0.15) is 0 Å². The zero-order valence-corrected chi connectivity index (χ0v) is 13.2. The number of rotatable bonds is 4. The molecule has 2 nitrogen and oxygen atoms in total. The molecule has 0 spiro atoms. The smallest absolute Gasteiger partial charge is 0.0515 e. The Kier molecular flexibility index (Phi) is 5.30. The lowest BCUT2D eigenvalue weighted by Crippen LogP contribution is -2.29. The summed E-state index contributed by atoms with van der Waals surface area (Å²) in [5.74, 6) is 5.66. The third-order valence-electron chi connectivity index (χ3n) is 3.17. The summed E-state index contributed by atoms with van der Waals surface area (Å²) < 4.78 is 0. The van der Waals surface area contributed by atoms with Crippen molar-refractivity contribution in [2.24, 2.45) is 5.84 Å². The normalized spacial score (nSPS) is 12.4. The van der Waals surface area contributed by atoms with Crippen LogP contribution in [0, 0.1) is 6.92 Å². The number of nitrogens with two attached hydrogens (primary N) is 1. The molecule has 1 atom stereocenters. The van der Waals surface area contributed by atoms with Gasteiger partial charge in [-0.3, -0.25) is 11.3 Å². The van der Waals surface area contributed by atoms with Crippen LogP contribution in [0.15, 0.2) is 36.4 Å². The van der Waals surface area contributed by atoms with E-state index < -0.39 is 0 Å². The molecule has 2 rings (SSSR count). The van der Waals surface area contributed by atoms with Crippen molar-refractivity contribution >= 4 is 34.8 Å². The predicted molar refractivity (Wildman–Crippen MR) is 86.4 cm³/mol. The Morgan fingerprint density at radius 1 is 1.05 bits per heavy atom. The second kappa shape index (κ2) is 6.79. The second-order valence-electron chi connectivity index (χ2n) is 4.68. The van der Waals surface area contributed by atoms with Crippen molar-refractivity contribution in [3.05, 3.63) is 68.2 Å². The number of hydrogen-bond donors (Lipinski definition) is 2. The molecule has 106 valence electrons. The summed E-state index contributed by atoms with van der Waals surface area (Å²) in [6.45, 7) is 2.00. The summed E-state index contributed by atoms with van der Waals surface area (Å²) in [5.41, 5.74) is 5.82. The van der Waals surface area contributed by atoms with Crippen LogP contribution in [0.3, 0.4) is 0 Å². The highest BCUT2D eigenvalue weighted by Crippen LogP contribution is 2.29. The maximum absolute atomic E-state index is 6.28. The van der Waals surface area contributed by atoms with Gasteiger partial charge in [-0.05, 0) is 48.2 Å². The summed E-state index contributed by atoms with van der Waals surface area (Å²) >= 11 is 18.4. The van der Waals surface area contributed by atoms with Gasteiger partial charge in [0.15, 0.2) is 0 Å². The molecule has 0 aliphatic heterocycles. The molecule has 3 N–H and O–H groups in total. The van der Waals surface area contributed by atoms with Crippen LogP contribution in [-0.2, 0) is 6.42 Å². The summed E-state index contributed by atoms with van der Waals surface area (Å²) in [5, 5.41) is 1.93. The van der Waals surface area contributed by atoms with Crippen LogP contribution in [-0.4, -0.2) is 0 Å². The van der Waals surface area contributed by atoms with Gasteiger partial charge in [-0.15, -0.1) is 0 Å². The Hall–Kier alpha value is -0.770. The average Bonchev–Trinajstić information content (AvgIpc) is 2.39. The monoisotopic (exact) mass is 328 g/mol.